The largest absolute Gasteiger partial charge is 0.451 e. The van der Waals surface area contributed by atoms with Crippen molar-refractivity contribution in [2.75, 3.05) is 6.61 Å². The van der Waals surface area contributed by atoms with Gasteiger partial charge in [-0.05, 0) is 48.9 Å². The van der Waals surface area contributed by atoms with E-state index in [1.165, 1.54) is 0 Å². The van der Waals surface area contributed by atoms with E-state index >= 15 is 0 Å². The molecule has 0 amide bonds. The van der Waals surface area contributed by atoms with Gasteiger partial charge in [0.2, 0.25) is 0 Å². The van der Waals surface area contributed by atoms with Gasteiger partial charge in [-0.25, -0.2) is 14.5 Å². The highest BCUT2D eigenvalue weighted by Crippen LogP contribution is 2.25. The first-order valence-electron chi connectivity index (χ1n) is 9.67. The van der Waals surface area contributed by atoms with Crippen molar-refractivity contribution >= 4 is 35.0 Å². The van der Waals surface area contributed by atoms with Gasteiger partial charge in [-0.15, -0.1) is 5.10 Å². The molecule has 0 spiro atoms. The second kappa shape index (κ2) is 9.34. The Bertz CT molecular complexity index is 1290. The smallest absolute Gasteiger partial charge is 0.378 e. The van der Waals surface area contributed by atoms with Gasteiger partial charge in [-0.2, -0.15) is 0 Å². The molecule has 0 bridgehead atoms. The third-order valence-electron chi connectivity index (χ3n) is 4.72. The Morgan fingerprint density at radius 2 is 1.62 bits per heavy atom. The fourth-order valence-corrected chi connectivity index (χ4v) is 3.36. The second-order valence-corrected chi connectivity index (χ2v) is 7.85. The first kappa shape index (κ1) is 21.7. The van der Waals surface area contributed by atoms with Crippen LogP contribution in [-0.4, -0.2) is 33.1 Å². The molecule has 1 aromatic heterocycles. The topological polar surface area (TPSA) is 74.1 Å². The van der Waals surface area contributed by atoms with E-state index in [2.05, 4.69) is 10.1 Å². The van der Waals surface area contributed by atoms with Crippen molar-refractivity contribution in [3.05, 3.63) is 99.8 Å². The number of nitrogens with zero attached hydrogens (tertiary/aromatic N) is 3. The van der Waals surface area contributed by atoms with Gasteiger partial charge in [0.05, 0.1) is 5.69 Å². The molecule has 0 saturated heterocycles. The van der Waals surface area contributed by atoms with E-state index in [1.54, 1.807) is 41.1 Å². The minimum absolute atomic E-state index is 0.160. The molecule has 160 valence electrons. The van der Waals surface area contributed by atoms with Crippen LogP contribution >= 0.6 is 23.2 Å². The minimum Gasteiger partial charge on any atom is -0.451 e. The Hall–Kier alpha value is -3.48. The number of carbonyl (C=O) groups excluding carboxylic acids is 2. The molecule has 0 saturated carbocycles. The standard InChI is InChI=1S/C24H17Cl2N3O3/c1-15-7-10-19(26)13-20(15)29-23(17-5-3-2-4-6-17)27-22(28-29)24(31)32-14-21(30)16-8-11-18(25)12-9-16/h2-13H,14H2,1H3. The number of hydrogen-bond donors (Lipinski definition) is 0. The third kappa shape index (κ3) is 4.72. The number of halogens is 2. The summed E-state index contributed by atoms with van der Waals surface area (Å²) < 4.78 is 6.73. The molecule has 0 atom stereocenters. The lowest BCUT2D eigenvalue weighted by Crippen LogP contribution is -2.15. The molecule has 0 unspecified atom stereocenters. The van der Waals surface area contributed by atoms with Crippen LogP contribution in [0.15, 0.2) is 72.8 Å². The van der Waals surface area contributed by atoms with Crippen LogP contribution in [0.4, 0.5) is 0 Å². The minimum atomic E-state index is -0.803. The molecule has 32 heavy (non-hydrogen) atoms. The number of ether oxygens (including phenoxy) is 1. The number of ketones is 1. The molecule has 0 N–H and O–H groups in total. The zero-order chi connectivity index (χ0) is 22.7. The van der Waals surface area contributed by atoms with E-state index in [0.717, 1.165) is 11.1 Å². The second-order valence-electron chi connectivity index (χ2n) is 6.97. The molecular formula is C24H17Cl2N3O3. The zero-order valence-electron chi connectivity index (χ0n) is 17.0. The Kier molecular flexibility index (Phi) is 6.35. The monoisotopic (exact) mass is 465 g/mol. The molecule has 3 aromatic carbocycles. The number of esters is 1. The number of rotatable bonds is 6. The average molecular weight is 466 g/mol. The summed E-state index contributed by atoms with van der Waals surface area (Å²) in [4.78, 5) is 29.4. The first-order valence-corrected chi connectivity index (χ1v) is 10.4. The van der Waals surface area contributed by atoms with Crippen molar-refractivity contribution in [3.8, 4) is 17.1 Å². The van der Waals surface area contributed by atoms with Crippen LogP contribution in [0, 0.1) is 6.92 Å². The summed E-state index contributed by atoms with van der Waals surface area (Å²) in [7, 11) is 0. The summed E-state index contributed by atoms with van der Waals surface area (Å²) in [5.41, 5.74) is 2.73. The number of benzene rings is 3. The molecule has 0 aliphatic rings. The molecule has 4 rings (SSSR count). The van der Waals surface area contributed by atoms with E-state index < -0.39 is 12.6 Å². The fourth-order valence-electron chi connectivity index (χ4n) is 3.07. The summed E-state index contributed by atoms with van der Waals surface area (Å²) in [5.74, 6) is -0.870. The van der Waals surface area contributed by atoms with Crippen molar-refractivity contribution in [1.29, 1.82) is 0 Å². The maximum atomic E-state index is 12.7. The predicted octanol–water partition coefficient (Wildman–Crippen LogP) is 5.59. The van der Waals surface area contributed by atoms with E-state index in [1.807, 2.05) is 43.3 Å². The van der Waals surface area contributed by atoms with Crippen molar-refractivity contribution in [2.45, 2.75) is 6.92 Å². The van der Waals surface area contributed by atoms with E-state index in [9.17, 15) is 9.59 Å². The van der Waals surface area contributed by atoms with E-state index in [-0.39, 0.29) is 11.6 Å². The lowest BCUT2D eigenvalue weighted by Gasteiger charge is -2.09. The lowest BCUT2D eigenvalue weighted by molar-refractivity contribution is 0.0462. The highest BCUT2D eigenvalue weighted by atomic mass is 35.5. The van der Waals surface area contributed by atoms with Gasteiger partial charge in [0, 0.05) is 21.2 Å². The van der Waals surface area contributed by atoms with Gasteiger partial charge in [0.1, 0.15) is 0 Å². The van der Waals surface area contributed by atoms with Crippen LogP contribution in [0.2, 0.25) is 10.0 Å². The first-order chi connectivity index (χ1) is 15.4. The van der Waals surface area contributed by atoms with Crippen LogP contribution in [0.5, 0.6) is 0 Å². The molecule has 6 nitrogen and oxygen atoms in total. The van der Waals surface area contributed by atoms with Crippen LogP contribution in [0.1, 0.15) is 26.5 Å². The van der Waals surface area contributed by atoms with Crippen LogP contribution < -0.4 is 0 Å². The maximum Gasteiger partial charge on any atom is 0.378 e. The van der Waals surface area contributed by atoms with Gasteiger partial charge in [0.25, 0.3) is 5.82 Å². The summed E-state index contributed by atoms with van der Waals surface area (Å²) in [6.45, 7) is 1.47. The SMILES string of the molecule is Cc1ccc(Cl)cc1-n1nc(C(=O)OCC(=O)c2ccc(Cl)cc2)nc1-c1ccccc1. The Balaban J connectivity index is 1.63. The van der Waals surface area contributed by atoms with Gasteiger partial charge >= 0.3 is 5.97 Å². The average Bonchev–Trinajstić information content (AvgIpc) is 3.25. The predicted molar refractivity (Wildman–Crippen MR) is 123 cm³/mol. The number of aryl methyl sites for hydroxylation is 1. The number of hydrogen-bond acceptors (Lipinski definition) is 5. The van der Waals surface area contributed by atoms with Crippen molar-refractivity contribution < 1.29 is 14.3 Å². The molecule has 1 heterocycles. The molecule has 4 aromatic rings. The molecule has 0 radical (unpaired) electrons. The van der Waals surface area contributed by atoms with Gasteiger partial charge < -0.3 is 4.74 Å². The Morgan fingerprint density at radius 1 is 0.938 bits per heavy atom. The quantitative estimate of drug-likeness (QED) is 0.274. The molecule has 0 aliphatic carbocycles. The van der Waals surface area contributed by atoms with Crippen molar-refractivity contribution in [2.24, 2.45) is 0 Å². The van der Waals surface area contributed by atoms with Crippen molar-refractivity contribution in [3.63, 3.8) is 0 Å². The van der Waals surface area contributed by atoms with Crippen LogP contribution in [-0.2, 0) is 4.74 Å². The number of aromatic nitrogens is 3. The number of carbonyl (C=O) groups is 2. The molecule has 8 heteroatoms. The summed E-state index contributed by atoms with van der Waals surface area (Å²) in [6, 6.07) is 21.0. The van der Waals surface area contributed by atoms with Gasteiger partial charge in [-0.3, -0.25) is 4.79 Å². The van der Waals surface area contributed by atoms with Crippen LogP contribution in [0.25, 0.3) is 17.1 Å². The summed E-state index contributed by atoms with van der Waals surface area (Å²) in [6.07, 6.45) is 0. The Labute approximate surface area is 194 Å². The maximum absolute atomic E-state index is 12.7. The lowest BCUT2D eigenvalue weighted by atomic mass is 10.1. The van der Waals surface area contributed by atoms with Gasteiger partial charge in [-0.1, -0.05) is 59.6 Å². The highest BCUT2D eigenvalue weighted by Gasteiger charge is 2.22. The van der Waals surface area contributed by atoms with E-state index in [4.69, 9.17) is 27.9 Å². The molecule has 0 fully saturated rings. The summed E-state index contributed by atoms with van der Waals surface area (Å²) >= 11 is 12.0. The van der Waals surface area contributed by atoms with Gasteiger partial charge in [0.15, 0.2) is 18.2 Å². The van der Waals surface area contributed by atoms with Crippen molar-refractivity contribution in [1.82, 2.24) is 14.8 Å². The Morgan fingerprint density at radius 3 is 2.34 bits per heavy atom. The van der Waals surface area contributed by atoms with Crippen LogP contribution in [0.3, 0.4) is 0 Å². The summed E-state index contributed by atoms with van der Waals surface area (Å²) in [5, 5.41) is 5.40. The normalized spacial score (nSPS) is 10.7. The molecule has 0 aliphatic heterocycles. The number of Topliss-reactive ketones (excluding diaryl/α,β-unsaturated/α-hetero) is 1. The highest BCUT2D eigenvalue weighted by molar-refractivity contribution is 6.31. The molecular weight excluding hydrogens is 449 g/mol. The van der Waals surface area contributed by atoms with E-state index in [0.29, 0.717) is 27.1 Å². The zero-order valence-corrected chi connectivity index (χ0v) is 18.5. The fraction of sp³-hybridized carbons (Fsp3) is 0.0833. The third-order valence-corrected chi connectivity index (χ3v) is 5.21.